The Bertz CT molecular complexity index is 864. The van der Waals surface area contributed by atoms with Gasteiger partial charge in [-0.25, -0.2) is 9.97 Å². The van der Waals surface area contributed by atoms with Crippen LogP contribution in [0.25, 0.3) is 11.0 Å². The number of H-pyrrole nitrogens is 2. The number of aromatic amines is 2. The van der Waals surface area contributed by atoms with E-state index in [1.165, 1.54) is 0 Å². The molecule has 2 aromatic heterocycles. The van der Waals surface area contributed by atoms with Crippen LogP contribution in [0.1, 0.15) is 17.3 Å². The number of rotatable bonds is 2. The van der Waals surface area contributed by atoms with Crippen LogP contribution in [0.5, 0.6) is 0 Å². The van der Waals surface area contributed by atoms with Crippen LogP contribution in [0.4, 0.5) is 0 Å². The van der Waals surface area contributed by atoms with Crippen molar-refractivity contribution >= 4 is 16.7 Å². The molecule has 0 spiro atoms. The van der Waals surface area contributed by atoms with Gasteiger partial charge >= 0.3 is 0 Å². The smallest absolute Gasteiger partial charge is 0.276 e. The van der Waals surface area contributed by atoms with Gasteiger partial charge in [-0.05, 0) is 19.1 Å². The summed E-state index contributed by atoms with van der Waals surface area (Å²) in [6.07, 6.45) is 0. The number of hydrogen-bond acceptors (Lipinski definition) is 6. The van der Waals surface area contributed by atoms with Crippen molar-refractivity contribution in [1.29, 1.82) is 0 Å². The zero-order chi connectivity index (χ0) is 14.1. The molecule has 0 aliphatic heterocycles. The maximum atomic E-state index is 12.0. The number of benzene rings is 1. The van der Waals surface area contributed by atoms with Crippen LogP contribution in [-0.4, -0.2) is 36.1 Å². The molecule has 3 aromatic rings. The monoisotopic (exact) mass is 270 g/mol. The molecule has 100 valence electrons. The van der Waals surface area contributed by atoms with Crippen LogP contribution in [0.15, 0.2) is 34.2 Å². The van der Waals surface area contributed by atoms with Gasteiger partial charge in [0.1, 0.15) is 5.82 Å². The van der Waals surface area contributed by atoms with Crippen molar-refractivity contribution < 1.29 is 5.21 Å². The summed E-state index contributed by atoms with van der Waals surface area (Å²) in [6, 6.07) is 7.07. The van der Waals surface area contributed by atoms with Crippen LogP contribution in [0.3, 0.4) is 0 Å². The first kappa shape index (κ1) is 12.0. The molecule has 8 nitrogen and oxygen atoms in total. The minimum absolute atomic E-state index is 0.0369. The third-order valence-electron chi connectivity index (χ3n) is 2.73. The first-order valence-corrected chi connectivity index (χ1v) is 5.80. The van der Waals surface area contributed by atoms with E-state index in [0.717, 1.165) is 0 Å². The molecule has 2 heterocycles. The van der Waals surface area contributed by atoms with E-state index in [0.29, 0.717) is 16.9 Å². The van der Waals surface area contributed by atoms with Crippen LogP contribution in [0.2, 0.25) is 0 Å². The zero-order valence-electron chi connectivity index (χ0n) is 10.5. The molecule has 0 aliphatic rings. The van der Waals surface area contributed by atoms with E-state index in [2.05, 4.69) is 30.3 Å². The molecule has 0 amide bonds. The predicted octanol–water partition coefficient (Wildman–Crippen LogP) is 0.576. The highest BCUT2D eigenvalue weighted by Gasteiger charge is 2.18. The number of para-hydroxylation sites is 2. The molecule has 0 bridgehead atoms. The van der Waals surface area contributed by atoms with Gasteiger partial charge in [-0.1, -0.05) is 17.3 Å². The lowest BCUT2D eigenvalue weighted by molar-refractivity contribution is 0.319. The van der Waals surface area contributed by atoms with Gasteiger partial charge in [0.15, 0.2) is 11.4 Å². The normalized spacial score (nSPS) is 11.9. The Morgan fingerprint density at radius 2 is 2.10 bits per heavy atom. The maximum Gasteiger partial charge on any atom is 0.276 e. The Labute approximate surface area is 112 Å². The molecule has 0 unspecified atom stereocenters. The van der Waals surface area contributed by atoms with Crippen molar-refractivity contribution in [3.05, 3.63) is 52.0 Å². The first-order valence-electron chi connectivity index (χ1n) is 5.80. The van der Waals surface area contributed by atoms with Crippen molar-refractivity contribution in [2.45, 2.75) is 6.92 Å². The topological polar surface area (TPSA) is 120 Å². The molecule has 8 heteroatoms. The van der Waals surface area contributed by atoms with E-state index in [1.807, 2.05) is 0 Å². The number of hydrogen-bond donors (Lipinski definition) is 3. The summed E-state index contributed by atoms with van der Waals surface area (Å²) in [5.74, 6) is 0.650. The lowest BCUT2D eigenvalue weighted by Gasteiger charge is -2.01. The highest BCUT2D eigenvalue weighted by atomic mass is 16.4. The Kier molecular flexibility index (Phi) is 2.75. The summed E-state index contributed by atoms with van der Waals surface area (Å²) in [6.45, 7) is 1.70. The number of aromatic nitrogens is 5. The van der Waals surface area contributed by atoms with Crippen molar-refractivity contribution in [3.63, 3.8) is 0 Å². The highest BCUT2D eigenvalue weighted by Crippen LogP contribution is 2.08. The van der Waals surface area contributed by atoms with Crippen LogP contribution < -0.4 is 5.56 Å². The third-order valence-corrected chi connectivity index (χ3v) is 2.73. The minimum Gasteiger partial charge on any atom is -0.410 e. The molecule has 0 aliphatic carbocycles. The van der Waals surface area contributed by atoms with E-state index in [1.54, 1.807) is 31.2 Å². The zero-order valence-corrected chi connectivity index (χ0v) is 10.5. The fraction of sp³-hybridized carbons (Fsp3) is 0.0833. The maximum absolute atomic E-state index is 12.0. The molecule has 3 rings (SSSR count). The molecular weight excluding hydrogens is 260 g/mol. The average molecular weight is 270 g/mol. The van der Waals surface area contributed by atoms with Crippen LogP contribution >= 0.6 is 0 Å². The largest absolute Gasteiger partial charge is 0.410 e. The summed E-state index contributed by atoms with van der Waals surface area (Å²) >= 11 is 0. The minimum atomic E-state index is -0.473. The second-order valence-corrected chi connectivity index (χ2v) is 4.12. The quantitative estimate of drug-likeness (QED) is 0.357. The summed E-state index contributed by atoms with van der Waals surface area (Å²) in [5.41, 5.74) is 0.589. The summed E-state index contributed by atoms with van der Waals surface area (Å²) in [5, 5.41) is 18.7. The molecule has 1 aromatic carbocycles. The van der Waals surface area contributed by atoms with E-state index >= 15 is 0 Å². The molecule has 0 fully saturated rings. The number of oxime groups is 1. The van der Waals surface area contributed by atoms with Gasteiger partial charge in [-0.3, -0.25) is 9.89 Å². The van der Waals surface area contributed by atoms with Crippen molar-refractivity contribution in [1.82, 2.24) is 25.1 Å². The van der Waals surface area contributed by atoms with Gasteiger partial charge in [0.25, 0.3) is 5.56 Å². The Balaban J connectivity index is 2.22. The Morgan fingerprint density at radius 3 is 2.80 bits per heavy atom. The van der Waals surface area contributed by atoms with E-state index in [9.17, 15) is 4.79 Å². The van der Waals surface area contributed by atoms with Crippen molar-refractivity contribution in [2.75, 3.05) is 0 Å². The Morgan fingerprint density at radius 1 is 1.30 bits per heavy atom. The second kappa shape index (κ2) is 4.57. The highest BCUT2D eigenvalue weighted by molar-refractivity contribution is 6.09. The molecule has 0 saturated carbocycles. The molecule has 3 N–H and O–H groups in total. The van der Waals surface area contributed by atoms with Gasteiger partial charge in [0.05, 0.1) is 11.0 Å². The number of aryl methyl sites for hydroxylation is 1. The van der Waals surface area contributed by atoms with Gasteiger partial charge in [0.2, 0.25) is 5.82 Å². The third kappa shape index (κ3) is 1.92. The number of fused-ring (bicyclic) bond motifs is 1. The standard InChI is InChI=1S/C12H10N6O2/c1-6-13-11(17-16-6)9(18-20)10-12(19)15-8-5-3-2-4-7(8)14-10/h2-5,20H,1H3,(H,15,19)(H,13,16,17)/b18-9+. The molecule has 0 radical (unpaired) electrons. The molecular formula is C12H10N6O2. The van der Waals surface area contributed by atoms with Crippen LogP contribution in [-0.2, 0) is 0 Å². The summed E-state index contributed by atoms with van der Waals surface area (Å²) in [4.78, 5) is 22.9. The van der Waals surface area contributed by atoms with E-state index in [-0.39, 0.29) is 17.2 Å². The van der Waals surface area contributed by atoms with E-state index in [4.69, 9.17) is 5.21 Å². The van der Waals surface area contributed by atoms with Gasteiger partial charge < -0.3 is 10.2 Å². The average Bonchev–Trinajstić information content (AvgIpc) is 2.86. The summed E-state index contributed by atoms with van der Waals surface area (Å²) in [7, 11) is 0. The fourth-order valence-electron chi connectivity index (χ4n) is 1.84. The van der Waals surface area contributed by atoms with Gasteiger partial charge in [0, 0.05) is 0 Å². The van der Waals surface area contributed by atoms with E-state index < -0.39 is 5.56 Å². The van der Waals surface area contributed by atoms with Gasteiger partial charge in [-0.15, -0.1) is 0 Å². The van der Waals surface area contributed by atoms with Gasteiger partial charge in [-0.2, -0.15) is 5.10 Å². The molecule has 0 saturated heterocycles. The summed E-state index contributed by atoms with van der Waals surface area (Å²) < 4.78 is 0. The first-order chi connectivity index (χ1) is 9.69. The molecule has 20 heavy (non-hydrogen) atoms. The van der Waals surface area contributed by atoms with Crippen molar-refractivity contribution in [2.24, 2.45) is 5.16 Å². The number of nitrogens with one attached hydrogen (secondary N) is 2. The van der Waals surface area contributed by atoms with Crippen molar-refractivity contribution in [3.8, 4) is 0 Å². The number of nitrogens with zero attached hydrogens (tertiary/aromatic N) is 4. The fourth-order valence-corrected chi connectivity index (χ4v) is 1.84. The Hall–Kier alpha value is -3.03. The SMILES string of the molecule is Cc1nc(/C(=N/O)c2nc3ccccc3[nH]c2=O)n[nH]1. The predicted molar refractivity (Wildman–Crippen MR) is 70.9 cm³/mol. The lowest BCUT2D eigenvalue weighted by atomic mass is 10.2. The second-order valence-electron chi connectivity index (χ2n) is 4.12. The molecule has 0 atom stereocenters. The van der Waals surface area contributed by atoms with Crippen LogP contribution in [0, 0.1) is 6.92 Å². The lowest BCUT2D eigenvalue weighted by Crippen LogP contribution is -2.22.